The van der Waals surface area contributed by atoms with Crippen molar-refractivity contribution in [2.45, 2.75) is 44.4 Å². The van der Waals surface area contributed by atoms with Crippen molar-refractivity contribution in [3.05, 3.63) is 70.9 Å². The monoisotopic (exact) mass is 524 g/mol. The minimum absolute atomic E-state index is 0.0346. The Labute approximate surface area is 219 Å². The minimum atomic E-state index is -4.39. The van der Waals surface area contributed by atoms with E-state index in [4.69, 9.17) is 0 Å². The number of alkyl halides is 3. The summed E-state index contributed by atoms with van der Waals surface area (Å²) in [5.41, 5.74) is 3.17. The van der Waals surface area contributed by atoms with E-state index < -0.39 is 17.8 Å². The molecule has 6 rings (SSSR count). The number of aromatic nitrogens is 1. The van der Waals surface area contributed by atoms with Gasteiger partial charge in [-0.05, 0) is 60.4 Å². The number of likely N-dealkylation sites (tertiary alicyclic amines) is 1. The maximum Gasteiger partial charge on any atom is 0.416 e. The highest BCUT2D eigenvalue weighted by atomic mass is 19.4. The zero-order chi connectivity index (χ0) is 26.4. The lowest BCUT2D eigenvalue weighted by Gasteiger charge is -2.42. The molecule has 2 saturated heterocycles. The Morgan fingerprint density at radius 2 is 1.84 bits per heavy atom. The lowest BCUT2D eigenvalue weighted by atomic mass is 9.74. The van der Waals surface area contributed by atoms with Gasteiger partial charge in [0.05, 0.1) is 18.0 Å². The second kappa shape index (κ2) is 9.76. The Kier molecular flexibility index (Phi) is 6.42. The third-order valence-electron chi connectivity index (χ3n) is 8.54. The summed E-state index contributed by atoms with van der Waals surface area (Å²) >= 11 is 0. The number of piperazine rings is 1. The fourth-order valence-corrected chi connectivity index (χ4v) is 6.50. The van der Waals surface area contributed by atoms with Gasteiger partial charge in [0.25, 0.3) is 0 Å². The van der Waals surface area contributed by atoms with Crippen molar-refractivity contribution in [1.82, 2.24) is 20.1 Å². The predicted molar refractivity (Wildman–Crippen MR) is 137 cm³/mol. The molecule has 2 N–H and O–H groups in total. The third kappa shape index (κ3) is 4.79. The number of nitrogens with zero attached hydrogens (tertiary/aromatic N) is 2. The lowest BCUT2D eigenvalue weighted by Crippen LogP contribution is -2.57. The van der Waals surface area contributed by atoms with Gasteiger partial charge < -0.3 is 15.2 Å². The fourth-order valence-electron chi connectivity index (χ4n) is 6.50. The number of halogens is 3. The zero-order valence-electron chi connectivity index (χ0n) is 21.1. The van der Waals surface area contributed by atoms with E-state index >= 15 is 0 Å². The van der Waals surface area contributed by atoms with Crippen LogP contribution >= 0.6 is 0 Å². The highest BCUT2D eigenvalue weighted by molar-refractivity contribution is 5.89. The highest BCUT2D eigenvalue weighted by Crippen LogP contribution is 2.40. The molecule has 3 atom stereocenters. The van der Waals surface area contributed by atoms with E-state index in [1.54, 1.807) is 0 Å². The summed E-state index contributed by atoms with van der Waals surface area (Å²) < 4.78 is 40.0. The SMILES string of the molecule is O=C1NCCN(Cc2ccccc2)C1CC(=O)N1CC[C@@H]2Cc3[nH]c4ccc(C(F)(F)F)cc4c3C[C@H]2C1. The molecule has 200 valence electrons. The number of carbonyl (C=O) groups excluding carboxylic acids is 2. The van der Waals surface area contributed by atoms with E-state index in [1.807, 2.05) is 35.2 Å². The molecule has 9 heteroatoms. The number of nitrogens with one attached hydrogen (secondary N) is 2. The van der Waals surface area contributed by atoms with Gasteiger partial charge >= 0.3 is 6.18 Å². The van der Waals surface area contributed by atoms with Gasteiger partial charge in [-0.2, -0.15) is 13.2 Å². The molecule has 2 amide bonds. The van der Waals surface area contributed by atoms with Crippen molar-refractivity contribution in [3.8, 4) is 0 Å². The predicted octanol–water partition coefficient (Wildman–Crippen LogP) is 4.14. The Hall–Kier alpha value is -3.33. The van der Waals surface area contributed by atoms with E-state index in [-0.39, 0.29) is 24.2 Å². The van der Waals surface area contributed by atoms with Crippen LogP contribution < -0.4 is 5.32 Å². The summed E-state index contributed by atoms with van der Waals surface area (Å²) in [6.07, 6.45) is -1.97. The molecule has 6 nitrogen and oxygen atoms in total. The number of carbonyl (C=O) groups is 2. The van der Waals surface area contributed by atoms with Gasteiger partial charge in [0, 0.05) is 49.3 Å². The first-order valence-corrected chi connectivity index (χ1v) is 13.3. The van der Waals surface area contributed by atoms with Crippen molar-refractivity contribution in [1.29, 1.82) is 0 Å². The number of aromatic amines is 1. The van der Waals surface area contributed by atoms with Crippen molar-refractivity contribution in [2.24, 2.45) is 11.8 Å². The highest BCUT2D eigenvalue weighted by Gasteiger charge is 2.39. The van der Waals surface area contributed by atoms with Crippen LogP contribution in [0.5, 0.6) is 0 Å². The van der Waals surface area contributed by atoms with Crippen LogP contribution in [0.1, 0.15) is 35.2 Å². The second-order valence-corrected chi connectivity index (χ2v) is 10.9. The average molecular weight is 525 g/mol. The molecule has 2 aromatic carbocycles. The van der Waals surface area contributed by atoms with Crippen molar-refractivity contribution in [3.63, 3.8) is 0 Å². The van der Waals surface area contributed by atoms with Gasteiger partial charge in [0.2, 0.25) is 11.8 Å². The normalized spacial score (nSPS) is 24.1. The fraction of sp³-hybridized carbons (Fsp3) is 0.448. The Bertz CT molecular complexity index is 1350. The second-order valence-electron chi connectivity index (χ2n) is 10.9. The van der Waals surface area contributed by atoms with Gasteiger partial charge in [-0.3, -0.25) is 14.5 Å². The lowest BCUT2D eigenvalue weighted by molar-refractivity contribution is -0.140. The van der Waals surface area contributed by atoms with Gasteiger partial charge in [0.1, 0.15) is 0 Å². The van der Waals surface area contributed by atoms with Crippen molar-refractivity contribution < 1.29 is 22.8 Å². The molecular weight excluding hydrogens is 493 g/mol. The van der Waals surface area contributed by atoms with Crippen LogP contribution in [0.4, 0.5) is 13.2 Å². The van der Waals surface area contributed by atoms with Crippen molar-refractivity contribution in [2.75, 3.05) is 26.2 Å². The first-order chi connectivity index (χ1) is 18.3. The van der Waals surface area contributed by atoms with E-state index in [0.29, 0.717) is 50.4 Å². The molecule has 38 heavy (non-hydrogen) atoms. The average Bonchev–Trinajstić information content (AvgIpc) is 3.25. The van der Waals surface area contributed by atoms with Gasteiger partial charge in [-0.25, -0.2) is 0 Å². The van der Waals surface area contributed by atoms with Crippen LogP contribution in [-0.2, 0) is 35.2 Å². The van der Waals surface area contributed by atoms with E-state index in [9.17, 15) is 22.8 Å². The van der Waals surface area contributed by atoms with Crippen LogP contribution in [0.2, 0.25) is 0 Å². The third-order valence-corrected chi connectivity index (χ3v) is 8.54. The van der Waals surface area contributed by atoms with Gasteiger partial charge in [-0.1, -0.05) is 30.3 Å². The zero-order valence-corrected chi connectivity index (χ0v) is 21.1. The number of hydrogen-bond donors (Lipinski definition) is 2. The number of amides is 2. The first-order valence-electron chi connectivity index (χ1n) is 13.3. The molecule has 1 aromatic heterocycles. The molecule has 0 saturated carbocycles. The van der Waals surface area contributed by atoms with E-state index in [1.165, 1.54) is 12.1 Å². The molecule has 0 bridgehead atoms. The Morgan fingerprint density at radius 1 is 1.03 bits per heavy atom. The Balaban J connectivity index is 1.16. The summed E-state index contributed by atoms with van der Waals surface area (Å²) in [6, 6.07) is 13.3. The van der Waals surface area contributed by atoms with Crippen LogP contribution in [0.3, 0.4) is 0 Å². The number of piperidine rings is 1. The molecular formula is C29H31F3N4O2. The standard InChI is InChI=1S/C29H31F3N4O2/c30-29(31,32)21-6-7-24-23(14-21)22-12-20-17-36(10-8-19(20)13-25(22)34-24)27(37)15-26-28(38)33-9-11-35(26)16-18-4-2-1-3-5-18/h1-7,14,19-20,26,34H,8-13,15-17H2,(H,33,38)/t19-,20+,26?/m1/s1. The molecule has 0 radical (unpaired) electrons. The molecule has 1 unspecified atom stereocenters. The largest absolute Gasteiger partial charge is 0.416 e. The molecule has 2 fully saturated rings. The Morgan fingerprint density at radius 3 is 2.63 bits per heavy atom. The summed E-state index contributed by atoms with van der Waals surface area (Å²) in [4.78, 5) is 33.5. The number of fused-ring (bicyclic) bond motifs is 4. The molecule has 3 aromatic rings. The first kappa shape index (κ1) is 25.0. The summed E-state index contributed by atoms with van der Waals surface area (Å²) in [5, 5.41) is 3.54. The quantitative estimate of drug-likeness (QED) is 0.539. The number of H-pyrrole nitrogens is 1. The maximum atomic E-state index is 13.4. The van der Waals surface area contributed by atoms with Crippen LogP contribution in [-0.4, -0.2) is 58.8 Å². The summed E-state index contributed by atoms with van der Waals surface area (Å²) in [7, 11) is 0. The van der Waals surface area contributed by atoms with Crippen LogP contribution in [0.15, 0.2) is 48.5 Å². The minimum Gasteiger partial charge on any atom is -0.358 e. The van der Waals surface area contributed by atoms with E-state index in [2.05, 4.69) is 15.2 Å². The molecule has 3 heterocycles. The van der Waals surface area contributed by atoms with Gasteiger partial charge in [0.15, 0.2) is 0 Å². The van der Waals surface area contributed by atoms with Crippen LogP contribution in [0.25, 0.3) is 10.9 Å². The van der Waals surface area contributed by atoms with E-state index in [0.717, 1.165) is 41.2 Å². The molecule has 0 spiro atoms. The molecule has 2 aliphatic heterocycles. The number of benzene rings is 2. The summed E-state index contributed by atoms with van der Waals surface area (Å²) in [6.45, 7) is 3.07. The summed E-state index contributed by atoms with van der Waals surface area (Å²) in [5.74, 6) is 0.424. The maximum absolute atomic E-state index is 13.4. The smallest absolute Gasteiger partial charge is 0.358 e. The molecule has 3 aliphatic rings. The van der Waals surface area contributed by atoms with Crippen molar-refractivity contribution >= 4 is 22.7 Å². The molecule has 1 aliphatic carbocycles. The number of hydrogen-bond acceptors (Lipinski definition) is 3. The van der Waals surface area contributed by atoms with Crippen LogP contribution in [0, 0.1) is 11.8 Å². The van der Waals surface area contributed by atoms with Gasteiger partial charge in [-0.15, -0.1) is 0 Å². The number of rotatable bonds is 4. The topological polar surface area (TPSA) is 68.4 Å².